The first-order chi connectivity index (χ1) is 5.00. The molecule has 0 saturated heterocycles. The Kier molecular flexibility index (Phi) is 1.76. The number of nitrogens with two attached hydrogens (primary N) is 1. The molecule has 62 valence electrons. The maximum Gasteiger partial charge on any atom is 0.416 e. The lowest BCUT2D eigenvalue weighted by atomic mass is 10.2. The highest BCUT2D eigenvalue weighted by molar-refractivity contribution is 5.39. The van der Waals surface area contributed by atoms with Crippen LogP contribution in [0.15, 0.2) is 24.3 Å². The topological polar surface area (TPSA) is 26.0 Å². The molecule has 0 radical (unpaired) electrons. The molecule has 0 aliphatic heterocycles. The third-order valence-corrected chi connectivity index (χ3v) is 1.24. The molecule has 0 saturated carbocycles. The SMILES string of the molecule is Nc1ccc(C(F)(F)F)cc1.[HH]. The van der Waals surface area contributed by atoms with E-state index in [1.54, 1.807) is 0 Å². The first-order valence-electron chi connectivity index (χ1n) is 2.93. The molecule has 0 aliphatic rings. The van der Waals surface area contributed by atoms with Crippen LogP contribution in [0.1, 0.15) is 6.99 Å². The van der Waals surface area contributed by atoms with Crippen LogP contribution in [0.25, 0.3) is 0 Å². The Morgan fingerprint density at radius 3 is 1.91 bits per heavy atom. The third kappa shape index (κ3) is 1.86. The predicted molar refractivity (Wildman–Crippen MR) is 38.0 cm³/mol. The van der Waals surface area contributed by atoms with Crippen LogP contribution >= 0.6 is 0 Å². The van der Waals surface area contributed by atoms with Gasteiger partial charge >= 0.3 is 6.18 Å². The summed E-state index contributed by atoms with van der Waals surface area (Å²) in [5.74, 6) is 0. The highest BCUT2D eigenvalue weighted by atomic mass is 19.4. The van der Waals surface area contributed by atoms with E-state index in [1.807, 2.05) is 0 Å². The lowest BCUT2D eigenvalue weighted by molar-refractivity contribution is -0.137. The van der Waals surface area contributed by atoms with Crippen molar-refractivity contribution in [1.82, 2.24) is 0 Å². The largest absolute Gasteiger partial charge is 0.416 e. The van der Waals surface area contributed by atoms with Crippen LogP contribution in [-0.2, 0) is 6.18 Å². The van der Waals surface area contributed by atoms with Crippen molar-refractivity contribution in [2.45, 2.75) is 6.18 Å². The second-order valence-corrected chi connectivity index (χ2v) is 2.12. The zero-order valence-corrected chi connectivity index (χ0v) is 5.52. The van der Waals surface area contributed by atoms with E-state index in [4.69, 9.17) is 5.73 Å². The van der Waals surface area contributed by atoms with Crippen molar-refractivity contribution in [2.75, 3.05) is 5.73 Å². The Morgan fingerprint density at radius 2 is 1.55 bits per heavy atom. The molecule has 0 atom stereocenters. The molecule has 0 spiro atoms. The Hall–Kier alpha value is -1.19. The van der Waals surface area contributed by atoms with Gasteiger partial charge in [0, 0.05) is 7.11 Å². The number of nitrogen functional groups attached to an aromatic ring is 1. The van der Waals surface area contributed by atoms with Gasteiger partial charge in [-0.15, -0.1) is 0 Å². The van der Waals surface area contributed by atoms with Crippen LogP contribution in [0.5, 0.6) is 0 Å². The lowest BCUT2D eigenvalue weighted by Gasteiger charge is -2.05. The van der Waals surface area contributed by atoms with E-state index in [9.17, 15) is 13.2 Å². The van der Waals surface area contributed by atoms with E-state index < -0.39 is 11.7 Å². The van der Waals surface area contributed by atoms with Crippen molar-refractivity contribution < 1.29 is 14.6 Å². The average molecular weight is 163 g/mol. The van der Waals surface area contributed by atoms with Gasteiger partial charge in [0.1, 0.15) is 0 Å². The fourth-order valence-electron chi connectivity index (χ4n) is 0.672. The second kappa shape index (κ2) is 2.45. The molecule has 1 aromatic carbocycles. The quantitative estimate of drug-likeness (QED) is 0.584. The van der Waals surface area contributed by atoms with Crippen LogP contribution in [0.2, 0.25) is 0 Å². The van der Waals surface area contributed by atoms with Gasteiger partial charge in [-0.25, -0.2) is 0 Å². The molecule has 0 heterocycles. The molecule has 0 bridgehead atoms. The monoisotopic (exact) mass is 163 g/mol. The highest BCUT2D eigenvalue weighted by Crippen LogP contribution is 2.29. The first kappa shape index (κ1) is 7.91. The summed E-state index contributed by atoms with van der Waals surface area (Å²) in [6.07, 6.45) is -4.27. The smallest absolute Gasteiger partial charge is 0.399 e. The van der Waals surface area contributed by atoms with Gasteiger partial charge in [-0.2, -0.15) is 13.2 Å². The van der Waals surface area contributed by atoms with Gasteiger partial charge in [-0.3, -0.25) is 0 Å². The van der Waals surface area contributed by atoms with E-state index in [0.29, 0.717) is 5.69 Å². The van der Waals surface area contributed by atoms with Gasteiger partial charge in [0.15, 0.2) is 0 Å². The molecule has 0 fully saturated rings. The zero-order chi connectivity index (χ0) is 8.48. The summed E-state index contributed by atoms with van der Waals surface area (Å²) >= 11 is 0. The Morgan fingerprint density at radius 1 is 1.09 bits per heavy atom. The van der Waals surface area contributed by atoms with Gasteiger partial charge in [-0.1, -0.05) is 0 Å². The van der Waals surface area contributed by atoms with Crippen molar-refractivity contribution in [2.24, 2.45) is 0 Å². The van der Waals surface area contributed by atoms with Gasteiger partial charge in [-0.05, 0) is 24.3 Å². The van der Waals surface area contributed by atoms with Crippen molar-refractivity contribution in [3.63, 3.8) is 0 Å². The number of halogens is 3. The summed E-state index contributed by atoms with van der Waals surface area (Å²) in [5, 5.41) is 0. The van der Waals surface area contributed by atoms with Crippen LogP contribution in [0.4, 0.5) is 18.9 Å². The molecule has 0 aromatic heterocycles. The van der Waals surface area contributed by atoms with E-state index in [-0.39, 0.29) is 1.43 Å². The van der Waals surface area contributed by atoms with Gasteiger partial charge in [0.05, 0.1) is 5.56 Å². The number of alkyl halides is 3. The summed E-state index contributed by atoms with van der Waals surface area (Å²) in [6, 6.07) is 4.36. The summed E-state index contributed by atoms with van der Waals surface area (Å²) in [4.78, 5) is 0. The van der Waals surface area contributed by atoms with Gasteiger partial charge < -0.3 is 5.73 Å². The fourth-order valence-corrected chi connectivity index (χ4v) is 0.672. The molecule has 0 amide bonds. The third-order valence-electron chi connectivity index (χ3n) is 1.24. The average Bonchev–Trinajstić information content (AvgIpc) is 1.86. The standard InChI is InChI=1S/C7H6F3N.H2/c8-7(9,10)5-1-3-6(11)4-2-5;/h1-4H,11H2;1H. The van der Waals surface area contributed by atoms with E-state index in [2.05, 4.69) is 0 Å². The minimum absolute atomic E-state index is 0. The number of hydrogen-bond acceptors (Lipinski definition) is 1. The molecule has 11 heavy (non-hydrogen) atoms. The van der Waals surface area contributed by atoms with E-state index >= 15 is 0 Å². The minimum atomic E-state index is -4.27. The van der Waals surface area contributed by atoms with Crippen molar-refractivity contribution in [3.05, 3.63) is 29.8 Å². The maximum absolute atomic E-state index is 11.9. The molecular weight excluding hydrogens is 155 g/mol. The molecule has 1 nitrogen and oxygen atoms in total. The number of hydrogen-bond donors (Lipinski definition) is 1. The Labute approximate surface area is 63.1 Å². The first-order valence-corrected chi connectivity index (χ1v) is 2.93. The molecule has 0 unspecified atom stereocenters. The van der Waals surface area contributed by atoms with Crippen LogP contribution in [-0.4, -0.2) is 0 Å². The number of anilines is 1. The number of benzene rings is 1. The minimum Gasteiger partial charge on any atom is -0.399 e. The molecule has 4 heteroatoms. The second-order valence-electron chi connectivity index (χ2n) is 2.12. The van der Waals surface area contributed by atoms with Crippen LogP contribution in [0, 0.1) is 0 Å². The van der Waals surface area contributed by atoms with Crippen LogP contribution in [0.3, 0.4) is 0 Å². The molecule has 1 aromatic rings. The summed E-state index contributed by atoms with van der Waals surface area (Å²) in [7, 11) is 0. The fraction of sp³-hybridized carbons (Fsp3) is 0.143. The van der Waals surface area contributed by atoms with Gasteiger partial charge in [0.25, 0.3) is 0 Å². The molecular formula is C7H8F3N. The summed E-state index contributed by atoms with van der Waals surface area (Å²) in [6.45, 7) is 0. The maximum atomic E-state index is 11.9. The molecule has 0 aliphatic carbocycles. The Bertz CT molecular complexity index is 242. The van der Waals surface area contributed by atoms with E-state index in [0.717, 1.165) is 12.1 Å². The molecule has 2 N–H and O–H groups in total. The highest BCUT2D eigenvalue weighted by Gasteiger charge is 2.29. The molecule has 1 rings (SSSR count). The van der Waals surface area contributed by atoms with Crippen molar-refractivity contribution in [3.8, 4) is 0 Å². The normalized spacial score (nSPS) is 11.5. The van der Waals surface area contributed by atoms with Crippen LogP contribution < -0.4 is 5.73 Å². The number of rotatable bonds is 0. The van der Waals surface area contributed by atoms with Crippen molar-refractivity contribution >= 4 is 5.69 Å². The summed E-state index contributed by atoms with van der Waals surface area (Å²) in [5.41, 5.74) is 4.86. The van der Waals surface area contributed by atoms with Gasteiger partial charge in [0.2, 0.25) is 0 Å². The lowest BCUT2D eigenvalue weighted by Crippen LogP contribution is -2.04. The zero-order valence-electron chi connectivity index (χ0n) is 5.52. The van der Waals surface area contributed by atoms with Crippen molar-refractivity contribution in [1.29, 1.82) is 0 Å². The predicted octanol–water partition coefficient (Wildman–Crippen LogP) is 2.53. The summed E-state index contributed by atoms with van der Waals surface area (Å²) < 4.78 is 35.6. The Balaban J connectivity index is 0.00000121. The van der Waals surface area contributed by atoms with E-state index in [1.165, 1.54) is 12.1 Å².